The van der Waals surface area contributed by atoms with Crippen LogP contribution in [0.5, 0.6) is 0 Å². The van der Waals surface area contributed by atoms with E-state index in [1.54, 1.807) is 11.3 Å². The number of hydrazine groups is 1. The minimum absolute atomic E-state index is 0.284. The van der Waals surface area contributed by atoms with Gasteiger partial charge in [0.1, 0.15) is 0 Å². The fourth-order valence-electron chi connectivity index (χ4n) is 2.15. The highest BCUT2D eigenvalue weighted by Gasteiger charge is 2.11. The smallest absolute Gasteiger partial charge is 0.0897 e. The lowest BCUT2D eigenvalue weighted by molar-refractivity contribution is 0.480. The monoisotopic (exact) mass is 269 g/mol. The van der Waals surface area contributed by atoms with Gasteiger partial charge >= 0.3 is 0 Å². The molecule has 18 heavy (non-hydrogen) atoms. The van der Waals surface area contributed by atoms with Crippen LogP contribution in [0.25, 0.3) is 0 Å². The second-order valence-corrected chi connectivity index (χ2v) is 6.18. The third-order valence-electron chi connectivity index (χ3n) is 3.28. The molecule has 0 fully saturated rings. The van der Waals surface area contributed by atoms with Gasteiger partial charge < -0.3 is 0 Å². The summed E-state index contributed by atoms with van der Waals surface area (Å²) in [7, 11) is 0. The maximum Gasteiger partial charge on any atom is 0.0897 e. The Hall–Kier alpha value is -0.450. The van der Waals surface area contributed by atoms with E-state index in [0.717, 1.165) is 11.4 Å². The van der Waals surface area contributed by atoms with Crippen molar-refractivity contribution in [3.05, 3.63) is 16.1 Å². The predicted octanol–water partition coefficient (Wildman–Crippen LogP) is 4.10. The highest BCUT2D eigenvalue weighted by molar-refractivity contribution is 7.11. The summed E-state index contributed by atoms with van der Waals surface area (Å²) in [4.78, 5) is 5.55. The van der Waals surface area contributed by atoms with Gasteiger partial charge in [0.05, 0.1) is 11.0 Å². The zero-order chi connectivity index (χ0) is 13.2. The lowest BCUT2D eigenvalue weighted by Crippen LogP contribution is -2.27. The Labute approximate surface area is 115 Å². The van der Waals surface area contributed by atoms with Gasteiger partial charge in [-0.1, -0.05) is 51.9 Å². The molecular weight excluding hydrogens is 242 g/mol. The molecule has 1 atom stereocenters. The fourth-order valence-corrected chi connectivity index (χ4v) is 3.03. The number of thiazole rings is 1. The van der Waals surface area contributed by atoms with Crippen LogP contribution in [0.4, 0.5) is 0 Å². The van der Waals surface area contributed by atoms with Crippen LogP contribution >= 0.6 is 11.3 Å². The number of nitrogens with two attached hydrogens (primary N) is 1. The molecular formula is C14H27N3S. The van der Waals surface area contributed by atoms with Gasteiger partial charge in [-0.05, 0) is 13.3 Å². The summed E-state index contributed by atoms with van der Waals surface area (Å²) in [5.41, 5.74) is 2.91. The van der Waals surface area contributed by atoms with Crippen LogP contribution in [0.3, 0.4) is 0 Å². The molecule has 0 saturated carbocycles. The molecule has 0 spiro atoms. The topological polar surface area (TPSA) is 50.9 Å². The predicted molar refractivity (Wildman–Crippen MR) is 79.5 cm³/mol. The Balaban J connectivity index is 2.13. The van der Waals surface area contributed by atoms with E-state index < -0.39 is 0 Å². The largest absolute Gasteiger partial charge is 0.271 e. The standard InChI is InChI=1S/C14H27N3S/c1-3-4-5-6-7-8-9-10-13(17-15)14-11-16-12(2)18-14/h11,13,17H,3-10,15H2,1-2H3. The van der Waals surface area contributed by atoms with Gasteiger partial charge in [-0.3, -0.25) is 11.3 Å². The minimum atomic E-state index is 0.284. The Morgan fingerprint density at radius 1 is 1.22 bits per heavy atom. The number of hydrogen-bond donors (Lipinski definition) is 2. The van der Waals surface area contributed by atoms with Gasteiger partial charge in [-0.2, -0.15) is 0 Å². The van der Waals surface area contributed by atoms with Gasteiger partial charge in [-0.25, -0.2) is 4.98 Å². The first kappa shape index (κ1) is 15.6. The molecule has 0 saturated heterocycles. The molecule has 3 nitrogen and oxygen atoms in total. The molecule has 0 aromatic carbocycles. The summed E-state index contributed by atoms with van der Waals surface area (Å²) in [5, 5.41) is 1.12. The third kappa shape index (κ3) is 5.94. The second kappa shape index (κ2) is 9.48. The highest BCUT2D eigenvalue weighted by atomic mass is 32.1. The average molecular weight is 269 g/mol. The molecule has 3 N–H and O–H groups in total. The molecule has 1 aromatic rings. The zero-order valence-corrected chi connectivity index (χ0v) is 12.6. The van der Waals surface area contributed by atoms with Gasteiger partial charge in [0, 0.05) is 11.1 Å². The Morgan fingerprint density at radius 2 is 1.89 bits per heavy atom. The van der Waals surface area contributed by atoms with Crippen molar-refractivity contribution in [2.24, 2.45) is 5.84 Å². The molecule has 0 aliphatic rings. The quantitative estimate of drug-likeness (QED) is 0.382. The maximum absolute atomic E-state index is 5.62. The molecule has 104 valence electrons. The van der Waals surface area contributed by atoms with Crippen LogP contribution in [-0.4, -0.2) is 4.98 Å². The van der Waals surface area contributed by atoms with Crippen molar-refractivity contribution in [1.29, 1.82) is 0 Å². The van der Waals surface area contributed by atoms with E-state index >= 15 is 0 Å². The van der Waals surface area contributed by atoms with E-state index in [9.17, 15) is 0 Å². The summed E-state index contributed by atoms with van der Waals surface area (Å²) in [6.45, 7) is 4.30. The van der Waals surface area contributed by atoms with Crippen molar-refractivity contribution in [3.63, 3.8) is 0 Å². The van der Waals surface area contributed by atoms with Crippen LogP contribution < -0.4 is 11.3 Å². The van der Waals surface area contributed by atoms with E-state index in [-0.39, 0.29) is 6.04 Å². The number of aryl methyl sites for hydroxylation is 1. The maximum atomic E-state index is 5.62. The summed E-state index contributed by atoms with van der Waals surface area (Å²) in [5.74, 6) is 5.62. The Morgan fingerprint density at radius 3 is 2.44 bits per heavy atom. The number of nitrogens with zero attached hydrogens (tertiary/aromatic N) is 1. The molecule has 1 unspecified atom stereocenters. The van der Waals surface area contributed by atoms with Crippen molar-refractivity contribution < 1.29 is 0 Å². The fraction of sp³-hybridized carbons (Fsp3) is 0.786. The van der Waals surface area contributed by atoms with Crippen LogP contribution in [0, 0.1) is 6.92 Å². The number of rotatable bonds is 10. The van der Waals surface area contributed by atoms with Crippen LogP contribution in [0.1, 0.15) is 74.2 Å². The lowest BCUT2D eigenvalue weighted by Gasteiger charge is -2.13. The lowest BCUT2D eigenvalue weighted by atomic mass is 10.0. The van der Waals surface area contributed by atoms with E-state index in [4.69, 9.17) is 5.84 Å². The SMILES string of the molecule is CCCCCCCCCC(NN)c1cnc(C)s1. The highest BCUT2D eigenvalue weighted by Crippen LogP contribution is 2.24. The van der Waals surface area contributed by atoms with E-state index in [2.05, 4.69) is 17.3 Å². The number of unbranched alkanes of at least 4 members (excludes halogenated alkanes) is 6. The summed E-state index contributed by atoms with van der Waals surface area (Å²) in [6.07, 6.45) is 12.5. The number of hydrogen-bond acceptors (Lipinski definition) is 4. The summed E-state index contributed by atoms with van der Waals surface area (Å²) < 4.78 is 0. The molecule has 0 amide bonds. The molecule has 0 aliphatic heterocycles. The molecule has 1 aromatic heterocycles. The first-order valence-electron chi connectivity index (χ1n) is 7.16. The van der Waals surface area contributed by atoms with Crippen LogP contribution in [0.15, 0.2) is 6.20 Å². The molecule has 0 aliphatic carbocycles. The van der Waals surface area contributed by atoms with Crippen molar-refractivity contribution >= 4 is 11.3 Å². The van der Waals surface area contributed by atoms with Crippen molar-refractivity contribution in [1.82, 2.24) is 10.4 Å². The summed E-state index contributed by atoms with van der Waals surface area (Å²) >= 11 is 1.74. The molecule has 0 bridgehead atoms. The van der Waals surface area contributed by atoms with Crippen molar-refractivity contribution in [2.45, 2.75) is 71.3 Å². The molecule has 4 heteroatoms. The van der Waals surface area contributed by atoms with Gasteiger partial charge in [0.25, 0.3) is 0 Å². The summed E-state index contributed by atoms with van der Waals surface area (Å²) in [6, 6.07) is 0.284. The van der Waals surface area contributed by atoms with E-state index in [1.807, 2.05) is 13.1 Å². The Bertz CT molecular complexity index is 312. The van der Waals surface area contributed by atoms with Crippen LogP contribution in [-0.2, 0) is 0 Å². The van der Waals surface area contributed by atoms with Gasteiger partial charge in [0.15, 0.2) is 0 Å². The second-order valence-electron chi connectivity index (χ2n) is 4.91. The average Bonchev–Trinajstić information content (AvgIpc) is 2.79. The first-order valence-corrected chi connectivity index (χ1v) is 7.98. The van der Waals surface area contributed by atoms with E-state index in [0.29, 0.717) is 0 Å². The number of nitrogens with one attached hydrogen (secondary N) is 1. The third-order valence-corrected chi connectivity index (χ3v) is 4.31. The molecule has 0 radical (unpaired) electrons. The normalized spacial score (nSPS) is 12.8. The van der Waals surface area contributed by atoms with Crippen molar-refractivity contribution in [3.8, 4) is 0 Å². The van der Waals surface area contributed by atoms with Crippen molar-refractivity contribution in [2.75, 3.05) is 0 Å². The van der Waals surface area contributed by atoms with E-state index in [1.165, 1.54) is 49.8 Å². The molecule has 1 heterocycles. The van der Waals surface area contributed by atoms with Gasteiger partial charge in [-0.15, -0.1) is 11.3 Å². The first-order chi connectivity index (χ1) is 8.77. The Kier molecular flexibility index (Phi) is 8.22. The minimum Gasteiger partial charge on any atom is -0.271 e. The van der Waals surface area contributed by atoms with Crippen LogP contribution in [0.2, 0.25) is 0 Å². The van der Waals surface area contributed by atoms with Gasteiger partial charge in [0.2, 0.25) is 0 Å². The number of aromatic nitrogens is 1. The zero-order valence-electron chi connectivity index (χ0n) is 11.7. The molecule has 1 rings (SSSR count).